The molecule has 0 bridgehead atoms. The summed E-state index contributed by atoms with van der Waals surface area (Å²) in [6.45, 7) is 13.0. The summed E-state index contributed by atoms with van der Waals surface area (Å²) in [6.07, 6.45) is -0.850. The zero-order valence-corrected chi connectivity index (χ0v) is 32.7. The van der Waals surface area contributed by atoms with E-state index in [1.54, 1.807) is 12.1 Å². The number of halogens is 2. The van der Waals surface area contributed by atoms with Crippen LogP contribution < -0.4 is 9.74 Å². The van der Waals surface area contributed by atoms with Gasteiger partial charge in [-0.3, -0.25) is 4.79 Å². The summed E-state index contributed by atoms with van der Waals surface area (Å²) in [5.74, 6) is -1.02. The van der Waals surface area contributed by atoms with Crippen molar-refractivity contribution < 1.29 is 28.2 Å². The van der Waals surface area contributed by atoms with Gasteiger partial charge in [-0.1, -0.05) is 103 Å². The molecule has 1 aliphatic heterocycles. The number of rotatable bonds is 13. The van der Waals surface area contributed by atoms with E-state index in [1.165, 1.54) is 17.0 Å². The Morgan fingerprint density at radius 3 is 2.33 bits per heavy atom. The first-order valence-electron chi connectivity index (χ1n) is 17.4. The minimum atomic E-state index is -2.37. The third-order valence-electron chi connectivity index (χ3n) is 10.1. The minimum absolute atomic E-state index is 0.0818. The van der Waals surface area contributed by atoms with Crippen molar-refractivity contribution in [3.63, 3.8) is 0 Å². The van der Waals surface area contributed by atoms with Crippen molar-refractivity contribution in [3.05, 3.63) is 130 Å². The molecule has 4 atom stereocenters. The quantitative estimate of drug-likeness (QED) is 0.132. The number of cyclic esters (lactones) is 1. The van der Waals surface area contributed by atoms with Crippen LogP contribution in [0.1, 0.15) is 68.0 Å². The Kier molecular flexibility index (Phi) is 12.1. The van der Waals surface area contributed by atoms with E-state index in [4.69, 9.17) is 9.16 Å². The highest BCUT2D eigenvalue weighted by Gasteiger charge is 2.45. The van der Waals surface area contributed by atoms with Gasteiger partial charge in [0.05, 0.1) is 24.1 Å². The number of carbonyl (C=O) groups excluding carboxylic acids is 2. The number of aliphatic hydroxyl groups excluding tert-OH is 1. The lowest BCUT2D eigenvalue weighted by Gasteiger charge is -2.39. The van der Waals surface area contributed by atoms with Gasteiger partial charge in [-0.25, -0.2) is 14.1 Å². The Morgan fingerprint density at radius 1 is 1.02 bits per heavy atom. The highest BCUT2D eigenvalue weighted by molar-refractivity contribution is 9.10. The van der Waals surface area contributed by atoms with E-state index in [0.717, 1.165) is 26.9 Å². The van der Waals surface area contributed by atoms with Crippen LogP contribution in [-0.4, -0.2) is 43.0 Å². The summed E-state index contributed by atoms with van der Waals surface area (Å²) in [7, 11) is -2.37. The number of amides is 2. The maximum Gasteiger partial charge on any atom is 0.416 e. The van der Waals surface area contributed by atoms with Gasteiger partial charge in [-0.05, 0) is 91.8 Å². The summed E-state index contributed by atoms with van der Waals surface area (Å²) in [5, 5.41) is 14.9. The molecule has 0 spiro atoms. The molecule has 0 saturated carbocycles. The van der Waals surface area contributed by atoms with Gasteiger partial charge >= 0.3 is 6.09 Å². The molecule has 10 heteroatoms. The number of nitrogens with zero attached hydrogens (tertiary/aromatic N) is 1. The molecule has 1 fully saturated rings. The number of anilines is 1. The van der Waals surface area contributed by atoms with E-state index in [0.29, 0.717) is 17.7 Å². The second-order valence-electron chi connectivity index (χ2n) is 14.9. The summed E-state index contributed by atoms with van der Waals surface area (Å²) in [5.41, 5.74) is 4.15. The molecule has 0 aromatic heterocycles. The smallest absolute Gasteiger partial charge is 0.416 e. The zero-order chi connectivity index (χ0) is 36.9. The molecule has 1 heterocycles. The lowest BCUT2D eigenvalue weighted by molar-refractivity contribution is -0.134. The number of aliphatic hydroxyl groups is 1. The number of carbonyl (C=O) groups is 2. The number of nitrogens with one attached hydrogen (secondary N) is 1. The summed E-state index contributed by atoms with van der Waals surface area (Å²) in [6, 6.07) is 28.0. The molecule has 7 nitrogen and oxygen atoms in total. The molecule has 0 unspecified atom stereocenters. The second-order valence-corrected chi connectivity index (χ2v) is 20.6. The summed E-state index contributed by atoms with van der Waals surface area (Å²) in [4.78, 5) is 29.7. The van der Waals surface area contributed by atoms with Crippen molar-refractivity contribution in [2.45, 2.75) is 83.3 Å². The van der Waals surface area contributed by atoms with E-state index in [1.807, 2.05) is 79.7 Å². The van der Waals surface area contributed by atoms with Crippen molar-refractivity contribution >= 4 is 41.9 Å². The molecular weight excluding hydrogens is 727 g/mol. The van der Waals surface area contributed by atoms with Crippen LogP contribution in [0.2, 0.25) is 18.1 Å². The van der Waals surface area contributed by atoms with E-state index in [9.17, 15) is 14.3 Å². The van der Waals surface area contributed by atoms with E-state index in [2.05, 4.69) is 55.1 Å². The molecule has 4 aromatic carbocycles. The van der Waals surface area contributed by atoms with Crippen molar-refractivity contribution in [2.75, 3.05) is 11.9 Å². The van der Waals surface area contributed by atoms with Crippen LogP contribution in [-0.2, 0) is 16.0 Å². The molecule has 2 N–H and O–H groups in total. The van der Waals surface area contributed by atoms with Gasteiger partial charge in [0.15, 0.2) is 0 Å². The maximum absolute atomic E-state index is 15.0. The van der Waals surface area contributed by atoms with Crippen LogP contribution in [0.5, 0.6) is 5.75 Å². The molecule has 5 rings (SSSR count). The average Bonchev–Trinajstić information content (AvgIpc) is 3.44. The first-order chi connectivity index (χ1) is 24.1. The standard InChI is InChI=1S/C41H48BrFN2O5Si/c1-27-12-19-32(20-13-27)44-38(34-21-16-30(42)25-37(34)50-51(5,6)41(2,3)4)35(22-23-36(46)29-14-17-31(43)18-15-29)39(47)45-33(26-49-40(45)48)24-28-10-8-7-9-11-28/h7-21,25,33,35-36,38,44,46H,22-24,26H2,1-6H3/t33-,35+,36-,38+/m0/s1. The largest absolute Gasteiger partial charge is 0.543 e. The predicted octanol–water partition coefficient (Wildman–Crippen LogP) is 10.2. The zero-order valence-electron chi connectivity index (χ0n) is 30.2. The Morgan fingerprint density at radius 2 is 1.69 bits per heavy atom. The van der Waals surface area contributed by atoms with Crippen molar-refractivity contribution in [1.29, 1.82) is 0 Å². The summed E-state index contributed by atoms with van der Waals surface area (Å²) >= 11 is 3.65. The Balaban J connectivity index is 1.62. The van der Waals surface area contributed by atoms with Crippen LogP contribution in [0.3, 0.4) is 0 Å². The fourth-order valence-electron chi connectivity index (χ4n) is 6.07. The van der Waals surface area contributed by atoms with Gasteiger partial charge < -0.3 is 19.6 Å². The molecular formula is C41H48BrFN2O5Si. The first-order valence-corrected chi connectivity index (χ1v) is 21.1. The van der Waals surface area contributed by atoms with Crippen molar-refractivity contribution in [3.8, 4) is 5.75 Å². The molecule has 0 radical (unpaired) electrons. The van der Waals surface area contributed by atoms with Gasteiger partial charge in [0.2, 0.25) is 14.2 Å². The normalized spacial score (nSPS) is 16.7. The molecule has 1 aliphatic rings. The van der Waals surface area contributed by atoms with Gasteiger partial charge in [-0.15, -0.1) is 0 Å². The topological polar surface area (TPSA) is 88.1 Å². The van der Waals surface area contributed by atoms with E-state index >= 15 is 4.79 Å². The molecule has 0 aliphatic carbocycles. The molecule has 51 heavy (non-hydrogen) atoms. The van der Waals surface area contributed by atoms with Crippen LogP contribution in [0.15, 0.2) is 102 Å². The van der Waals surface area contributed by atoms with E-state index in [-0.39, 0.29) is 24.5 Å². The Hall–Kier alpha value is -3.99. The molecule has 2 amide bonds. The molecule has 1 saturated heterocycles. The number of aryl methyl sites for hydroxylation is 1. The third-order valence-corrected chi connectivity index (χ3v) is 14.9. The SMILES string of the molecule is Cc1ccc(N[C@H](c2ccc(Br)cc2O[Si](C)(C)C(C)(C)C)[C@@H](CC[C@H](O)c2ccc(F)cc2)C(=O)N2C(=O)OC[C@@H]2Cc2ccccc2)cc1. The average molecular weight is 776 g/mol. The van der Waals surface area contributed by atoms with Gasteiger partial charge in [0.25, 0.3) is 0 Å². The number of hydrogen-bond donors (Lipinski definition) is 2. The Labute approximate surface area is 310 Å². The third kappa shape index (κ3) is 9.47. The van der Waals surface area contributed by atoms with Gasteiger partial charge in [0, 0.05) is 15.7 Å². The number of ether oxygens (including phenoxy) is 1. The lowest BCUT2D eigenvalue weighted by Crippen LogP contribution is -2.46. The number of benzene rings is 4. The van der Waals surface area contributed by atoms with Gasteiger partial charge in [0.1, 0.15) is 18.2 Å². The fourth-order valence-corrected chi connectivity index (χ4v) is 7.45. The number of hydrogen-bond acceptors (Lipinski definition) is 6. The highest BCUT2D eigenvalue weighted by atomic mass is 79.9. The van der Waals surface area contributed by atoms with Crippen LogP contribution in [0, 0.1) is 18.7 Å². The van der Waals surface area contributed by atoms with Crippen LogP contribution in [0.25, 0.3) is 0 Å². The van der Waals surface area contributed by atoms with Gasteiger partial charge in [-0.2, -0.15) is 0 Å². The number of imide groups is 1. The predicted molar refractivity (Wildman–Crippen MR) is 206 cm³/mol. The van der Waals surface area contributed by atoms with Crippen LogP contribution >= 0.6 is 15.9 Å². The van der Waals surface area contributed by atoms with Crippen molar-refractivity contribution in [1.82, 2.24) is 4.90 Å². The van der Waals surface area contributed by atoms with Crippen molar-refractivity contribution in [2.24, 2.45) is 5.92 Å². The lowest BCUT2D eigenvalue weighted by atomic mass is 9.85. The minimum Gasteiger partial charge on any atom is -0.543 e. The van der Waals surface area contributed by atoms with Crippen LogP contribution in [0.4, 0.5) is 14.9 Å². The summed E-state index contributed by atoms with van der Waals surface area (Å²) < 4.78 is 27.1. The fraction of sp³-hybridized carbons (Fsp3) is 0.366. The molecule has 270 valence electrons. The highest BCUT2D eigenvalue weighted by Crippen LogP contribution is 2.44. The molecule has 4 aromatic rings. The Bertz CT molecular complexity index is 1800. The van der Waals surface area contributed by atoms with E-state index < -0.39 is 50.2 Å². The first kappa shape index (κ1) is 38.2. The monoisotopic (exact) mass is 774 g/mol. The second kappa shape index (κ2) is 16.1. The maximum atomic E-state index is 15.0.